The smallest absolute Gasteiger partial charge is 0.292 e. The fraction of sp³-hybridized carbons (Fsp3) is 0.200. The molecule has 4 nitrogen and oxygen atoms in total. The van der Waals surface area contributed by atoms with Gasteiger partial charge in [-0.05, 0) is 48.7 Å². The van der Waals surface area contributed by atoms with Crippen LogP contribution in [0, 0.1) is 29.8 Å². The van der Waals surface area contributed by atoms with E-state index in [1.807, 2.05) is 6.92 Å². The van der Waals surface area contributed by atoms with Crippen molar-refractivity contribution in [2.24, 2.45) is 0 Å². The Hall–Kier alpha value is -2.43. The topological polar surface area (TPSA) is 55.2 Å². The van der Waals surface area contributed by atoms with E-state index in [0.717, 1.165) is 16.7 Å². The quantitative estimate of drug-likeness (QED) is 0.678. The van der Waals surface area contributed by atoms with Crippen LogP contribution in [0.4, 0.5) is 15.8 Å². The van der Waals surface area contributed by atoms with Crippen molar-refractivity contribution >= 4 is 11.4 Å². The van der Waals surface area contributed by atoms with E-state index in [0.29, 0.717) is 12.2 Å². The fourth-order valence-electron chi connectivity index (χ4n) is 1.96. The lowest BCUT2D eigenvalue weighted by atomic mass is 10.1. The summed E-state index contributed by atoms with van der Waals surface area (Å²) >= 11 is 0. The largest absolute Gasteiger partial charge is 0.375 e. The lowest BCUT2D eigenvalue weighted by Crippen LogP contribution is -2.04. The van der Waals surface area contributed by atoms with Crippen molar-refractivity contribution in [1.29, 1.82) is 0 Å². The lowest BCUT2D eigenvalue weighted by Gasteiger charge is -2.10. The van der Waals surface area contributed by atoms with E-state index in [1.165, 1.54) is 18.2 Å². The molecule has 0 heterocycles. The number of nitrogens with one attached hydrogen (secondary N) is 1. The first-order chi connectivity index (χ1) is 9.47. The summed E-state index contributed by atoms with van der Waals surface area (Å²) in [6.45, 7) is 4.01. The van der Waals surface area contributed by atoms with Gasteiger partial charge in [0.05, 0.1) is 4.92 Å². The van der Waals surface area contributed by atoms with E-state index >= 15 is 0 Å². The van der Waals surface area contributed by atoms with Gasteiger partial charge in [-0.3, -0.25) is 10.1 Å². The Morgan fingerprint density at radius 2 is 1.95 bits per heavy atom. The Labute approximate surface area is 116 Å². The Morgan fingerprint density at radius 3 is 2.65 bits per heavy atom. The molecule has 1 N–H and O–H groups in total. The minimum absolute atomic E-state index is 0.0269. The van der Waals surface area contributed by atoms with Crippen LogP contribution < -0.4 is 5.32 Å². The van der Waals surface area contributed by atoms with Crippen LogP contribution in [0.5, 0.6) is 0 Å². The highest BCUT2D eigenvalue weighted by atomic mass is 19.1. The molecule has 0 bridgehead atoms. The lowest BCUT2D eigenvalue weighted by molar-refractivity contribution is -0.384. The average Bonchev–Trinajstić information content (AvgIpc) is 2.40. The first-order valence-electron chi connectivity index (χ1n) is 6.21. The number of nitro benzene ring substituents is 1. The summed E-state index contributed by atoms with van der Waals surface area (Å²) < 4.78 is 13.2. The van der Waals surface area contributed by atoms with E-state index in [4.69, 9.17) is 0 Å². The minimum Gasteiger partial charge on any atom is -0.375 e. The first-order valence-corrected chi connectivity index (χ1v) is 6.21. The number of hydrogen-bond acceptors (Lipinski definition) is 3. The number of rotatable bonds is 4. The standard InChI is InChI=1S/C15H15FN2O2/c1-10-3-6-14(15(7-10)18(19)20)17-9-12-8-13(16)5-4-11(12)2/h3-8,17H,9H2,1-2H3. The zero-order valence-corrected chi connectivity index (χ0v) is 11.3. The molecule has 0 fully saturated rings. The molecule has 0 aromatic heterocycles. The number of halogens is 1. The van der Waals surface area contributed by atoms with Gasteiger partial charge in [-0.15, -0.1) is 0 Å². The Bertz CT molecular complexity index is 656. The second kappa shape index (κ2) is 5.69. The number of aryl methyl sites for hydroxylation is 2. The SMILES string of the molecule is Cc1ccc(NCc2cc(F)ccc2C)c([N+](=O)[O-])c1. The van der Waals surface area contributed by atoms with Gasteiger partial charge >= 0.3 is 0 Å². The Balaban J connectivity index is 2.23. The second-order valence-corrected chi connectivity index (χ2v) is 4.70. The number of nitro groups is 1. The molecule has 20 heavy (non-hydrogen) atoms. The van der Waals surface area contributed by atoms with E-state index in [-0.39, 0.29) is 11.5 Å². The summed E-state index contributed by atoms with van der Waals surface area (Å²) in [5, 5.41) is 14.0. The minimum atomic E-state index is -0.423. The molecule has 5 heteroatoms. The monoisotopic (exact) mass is 274 g/mol. The predicted octanol–water partition coefficient (Wildman–Crippen LogP) is 3.96. The maximum Gasteiger partial charge on any atom is 0.292 e. The zero-order chi connectivity index (χ0) is 14.7. The number of hydrogen-bond donors (Lipinski definition) is 1. The summed E-state index contributed by atoms with van der Waals surface area (Å²) in [4.78, 5) is 10.6. The average molecular weight is 274 g/mol. The molecule has 0 atom stereocenters. The summed E-state index contributed by atoms with van der Waals surface area (Å²) in [6, 6.07) is 9.50. The van der Waals surface area contributed by atoms with Crippen LogP contribution >= 0.6 is 0 Å². The van der Waals surface area contributed by atoms with E-state index < -0.39 is 4.92 Å². The van der Waals surface area contributed by atoms with Crippen LogP contribution in [0.3, 0.4) is 0 Å². The molecular weight excluding hydrogens is 259 g/mol. The van der Waals surface area contributed by atoms with Gasteiger partial charge in [0.2, 0.25) is 0 Å². The number of nitrogens with zero attached hydrogens (tertiary/aromatic N) is 1. The highest BCUT2D eigenvalue weighted by Gasteiger charge is 2.13. The summed E-state index contributed by atoms with van der Waals surface area (Å²) in [6.07, 6.45) is 0. The molecule has 0 saturated carbocycles. The van der Waals surface area contributed by atoms with E-state index in [1.54, 1.807) is 25.1 Å². The molecule has 2 aromatic carbocycles. The third-order valence-corrected chi connectivity index (χ3v) is 3.13. The molecule has 2 rings (SSSR count). The van der Waals surface area contributed by atoms with Crippen LogP contribution in [-0.4, -0.2) is 4.92 Å². The van der Waals surface area contributed by atoms with Crippen LogP contribution in [0.25, 0.3) is 0 Å². The normalized spacial score (nSPS) is 10.3. The summed E-state index contributed by atoms with van der Waals surface area (Å²) in [5.41, 5.74) is 3.00. The second-order valence-electron chi connectivity index (χ2n) is 4.70. The van der Waals surface area contributed by atoms with Gasteiger partial charge in [-0.2, -0.15) is 0 Å². The molecule has 0 amide bonds. The molecule has 0 unspecified atom stereocenters. The van der Waals surface area contributed by atoms with Crippen molar-refractivity contribution in [3.8, 4) is 0 Å². The highest BCUT2D eigenvalue weighted by Crippen LogP contribution is 2.26. The maximum atomic E-state index is 13.2. The van der Waals surface area contributed by atoms with Gasteiger partial charge in [0, 0.05) is 12.6 Å². The first kappa shape index (κ1) is 14.0. The zero-order valence-electron chi connectivity index (χ0n) is 11.3. The van der Waals surface area contributed by atoms with Crippen molar-refractivity contribution in [1.82, 2.24) is 0 Å². The molecule has 2 aromatic rings. The third kappa shape index (κ3) is 3.12. The summed E-state index contributed by atoms with van der Waals surface area (Å²) in [5.74, 6) is -0.314. The van der Waals surface area contributed by atoms with E-state index in [9.17, 15) is 14.5 Å². The van der Waals surface area contributed by atoms with Crippen LogP contribution in [0.2, 0.25) is 0 Å². The molecule has 104 valence electrons. The van der Waals surface area contributed by atoms with Gasteiger partial charge in [0.1, 0.15) is 11.5 Å². The highest BCUT2D eigenvalue weighted by molar-refractivity contribution is 5.62. The predicted molar refractivity (Wildman–Crippen MR) is 76.3 cm³/mol. The van der Waals surface area contributed by atoms with Crippen molar-refractivity contribution in [2.75, 3.05) is 5.32 Å². The van der Waals surface area contributed by atoms with Crippen LogP contribution in [-0.2, 0) is 6.54 Å². The molecule has 0 spiro atoms. The van der Waals surface area contributed by atoms with Gasteiger partial charge in [0.15, 0.2) is 0 Å². The fourth-order valence-corrected chi connectivity index (χ4v) is 1.96. The van der Waals surface area contributed by atoms with Crippen molar-refractivity contribution in [3.63, 3.8) is 0 Å². The molecule has 0 aliphatic rings. The van der Waals surface area contributed by atoms with Crippen LogP contribution in [0.1, 0.15) is 16.7 Å². The maximum absolute atomic E-state index is 13.2. The van der Waals surface area contributed by atoms with E-state index in [2.05, 4.69) is 5.32 Å². The summed E-state index contributed by atoms with van der Waals surface area (Å²) in [7, 11) is 0. The molecule has 0 saturated heterocycles. The van der Waals surface area contributed by atoms with Crippen molar-refractivity contribution in [2.45, 2.75) is 20.4 Å². The molecular formula is C15H15FN2O2. The Morgan fingerprint density at radius 1 is 1.20 bits per heavy atom. The van der Waals surface area contributed by atoms with Crippen molar-refractivity contribution < 1.29 is 9.31 Å². The number of benzene rings is 2. The molecule has 0 aliphatic carbocycles. The molecule has 0 aliphatic heterocycles. The number of anilines is 1. The van der Waals surface area contributed by atoms with Gasteiger partial charge in [0.25, 0.3) is 5.69 Å². The third-order valence-electron chi connectivity index (χ3n) is 3.13. The van der Waals surface area contributed by atoms with Crippen molar-refractivity contribution in [3.05, 3.63) is 69.0 Å². The molecule has 0 radical (unpaired) electrons. The van der Waals surface area contributed by atoms with Crippen LogP contribution in [0.15, 0.2) is 36.4 Å². The van der Waals surface area contributed by atoms with Gasteiger partial charge < -0.3 is 5.32 Å². The Kier molecular flexibility index (Phi) is 3.98. The van der Waals surface area contributed by atoms with Gasteiger partial charge in [-0.25, -0.2) is 4.39 Å². The van der Waals surface area contributed by atoms with Gasteiger partial charge in [-0.1, -0.05) is 12.1 Å².